The van der Waals surface area contributed by atoms with E-state index in [9.17, 15) is 4.79 Å². The van der Waals surface area contributed by atoms with E-state index in [0.717, 1.165) is 12.8 Å². The molecule has 6 unspecified atom stereocenters. The lowest BCUT2D eigenvalue weighted by atomic mass is 9.69. The van der Waals surface area contributed by atoms with E-state index in [1.807, 2.05) is 0 Å². The van der Waals surface area contributed by atoms with Crippen molar-refractivity contribution in [2.75, 3.05) is 0 Å². The first-order valence-corrected chi connectivity index (χ1v) is 6.64. The fourth-order valence-corrected chi connectivity index (χ4v) is 4.39. The minimum atomic E-state index is 0.361. The summed E-state index contributed by atoms with van der Waals surface area (Å²) in [6, 6.07) is 0.976. The maximum Gasteiger partial charge on any atom is 0.137 e. The van der Waals surface area contributed by atoms with E-state index in [4.69, 9.17) is 0 Å². The van der Waals surface area contributed by atoms with Crippen molar-refractivity contribution in [3.8, 4) is 0 Å². The molecule has 2 heterocycles. The lowest BCUT2D eigenvalue weighted by molar-refractivity contribution is -0.125. The Morgan fingerprint density at radius 1 is 1.12 bits per heavy atom. The highest BCUT2D eigenvalue weighted by Crippen LogP contribution is 2.45. The quantitative estimate of drug-likeness (QED) is 0.545. The summed E-state index contributed by atoms with van der Waals surface area (Å²) in [5.74, 6) is 2.15. The van der Waals surface area contributed by atoms with Gasteiger partial charge < -0.3 is 0 Å². The molecule has 0 spiro atoms. The second-order valence-electron chi connectivity index (χ2n) is 5.87. The van der Waals surface area contributed by atoms with Gasteiger partial charge in [-0.2, -0.15) is 0 Å². The first kappa shape index (κ1) is 9.57. The van der Waals surface area contributed by atoms with Gasteiger partial charge in [0, 0.05) is 30.3 Å². The van der Waals surface area contributed by atoms with E-state index >= 15 is 0 Å². The number of carbonyl (C=O) groups is 1. The van der Waals surface area contributed by atoms with Crippen LogP contribution in [-0.4, -0.2) is 24.0 Å². The fraction of sp³-hybridized carbons (Fsp3) is 0.917. The number of rotatable bonds is 0. The van der Waals surface area contributed by atoms with Gasteiger partial charge in [0.05, 0.1) is 6.17 Å². The molecular weight excluding hydrogens is 202 g/mol. The summed E-state index contributed by atoms with van der Waals surface area (Å²) in [5.41, 5.74) is 6.55. The van der Waals surface area contributed by atoms with Gasteiger partial charge in [0.25, 0.3) is 0 Å². The van der Waals surface area contributed by atoms with E-state index in [2.05, 4.69) is 16.2 Å². The summed E-state index contributed by atoms with van der Waals surface area (Å²) in [4.78, 5) is 12.3. The molecule has 2 aliphatic heterocycles. The molecule has 2 aliphatic carbocycles. The Labute approximate surface area is 95.5 Å². The molecule has 4 aliphatic rings. The molecule has 0 aromatic carbocycles. The summed E-state index contributed by atoms with van der Waals surface area (Å²) in [6.45, 7) is 0. The van der Waals surface area contributed by atoms with Crippen molar-refractivity contribution in [1.29, 1.82) is 0 Å². The second-order valence-corrected chi connectivity index (χ2v) is 5.87. The van der Waals surface area contributed by atoms with Crippen LogP contribution in [0.2, 0.25) is 0 Å². The molecule has 88 valence electrons. The van der Waals surface area contributed by atoms with Crippen LogP contribution in [0.15, 0.2) is 0 Å². The predicted octanol–water partition coefficient (Wildman–Crippen LogP) is 0.156. The maximum atomic E-state index is 12.3. The van der Waals surface area contributed by atoms with Gasteiger partial charge in [-0.05, 0) is 18.8 Å². The largest absolute Gasteiger partial charge is 0.299 e. The van der Waals surface area contributed by atoms with Gasteiger partial charge in [-0.1, -0.05) is 12.8 Å². The van der Waals surface area contributed by atoms with Crippen LogP contribution in [0.1, 0.15) is 32.1 Å². The molecule has 0 radical (unpaired) electrons. The number of fused-ring (bicyclic) bond motifs is 2. The SMILES string of the molecule is O=C1CC2NNC3NC(C4CCCCC14)C23. The van der Waals surface area contributed by atoms with Crippen molar-refractivity contribution in [1.82, 2.24) is 16.2 Å². The molecule has 0 bridgehead atoms. The Morgan fingerprint density at radius 2 is 2.00 bits per heavy atom. The van der Waals surface area contributed by atoms with E-state index < -0.39 is 0 Å². The predicted molar refractivity (Wildman–Crippen MR) is 59.3 cm³/mol. The van der Waals surface area contributed by atoms with Crippen LogP contribution in [0, 0.1) is 17.8 Å². The Kier molecular flexibility index (Phi) is 1.96. The zero-order chi connectivity index (χ0) is 10.7. The molecule has 4 nitrogen and oxygen atoms in total. The van der Waals surface area contributed by atoms with Gasteiger partial charge in [-0.15, -0.1) is 0 Å². The second kappa shape index (κ2) is 3.28. The van der Waals surface area contributed by atoms with Crippen LogP contribution in [0.5, 0.6) is 0 Å². The van der Waals surface area contributed by atoms with E-state index in [0.29, 0.717) is 41.8 Å². The normalized spacial score (nSPS) is 54.9. The van der Waals surface area contributed by atoms with Crippen molar-refractivity contribution in [2.24, 2.45) is 17.8 Å². The van der Waals surface area contributed by atoms with Crippen LogP contribution in [-0.2, 0) is 4.79 Å². The Balaban J connectivity index is 1.68. The number of ketones is 1. The number of nitrogens with one attached hydrogen (secondary N) is 3. The molecule has 16 heavy (non-hydrogen) atoms. The van der Waals surface area contributed by atoms with Crippen LogP contribution in [0.25, 0.3) is 0 Å². The average molecular weight is 221 g/mol. The highest BCUT2D eigenvalue weighted by molar-refractivity contribution is 5.82. The lowest BCUT2D eigenvalue weighted by Crippen LogP contribution is -2.67. The van der Waals surface area contributed by atoms with Crippen molar-refractivity contribution < 1.29 is 4.79 Å². The number of hydrazine groups is 1. The van der Waals surface area contributed by atoms with Crippen molar-refractivity contribution in [3.05, 3.63) is 0 Å². The van der Waals surface area contributed by atoms with Gasteiger partial charge in [0.15, 0.2) is 0 Å². The molecule has 0 aromatic rings. The zero-order valence-electron chi connectivity index (χ0n) is 9.41. The monoisotopic (exact) mass is 221 g/mol. The smallest absolute Gasteiger partial charge is 0.137 e. The van der Waals surface area contributed by atoms with Crippen molar-refractivity contribution >= 4 is 5.78 Å². The maximum absolute atomic E-state index is 12.3. The summed E-state index contributed by atoms with van der Waals surface area (Å²) in [7, 11) is 0. The Morgan fingerprint density at radius 3 is 2.94 bits per heavy atom. The minimum Gasteiger partial charge on any atom is -0.299 e. The highest BCUT2D eigenvalue weighted by atomic mass is 16.1. The van der Waals surface area contributed by atoms with Crippen molar-refractivity contribution in [3.63, 3.8) is 0 Å². The number of carbonyl (C=O) groups excluding carboxylic acids is 1. The summed E-state index contributed by atoms with van der Waals surface area (Å²) >= 11 is 0. The third kappa shape index (κ3) is 1.13. The topological polar surface area (TPSA) is 53.2 Å². The number of hydrogen-bond donors (Lipinski definition) is 3. The minimum absolute atomic E-state index is 0.361. The van der Waals surface area contributed by atoms with Crippen LogP contribution in [0.4, 0.5) is 0 Å². The van der Waals surface area contributed by atoms with Crippen molar-refractivity contribution in [2.45, 2.75) is 50.4 Å². The summed E-state index contributed by atoms with van der Waals surface area (Å²) < 4.78 is 0. The summed E-state index contributed by atoms with van der Waals surface area (Å²) in [6.07, 6.45) is 6.12. The number of Topliss-reactive ketones (excluding diaryl/α,β-unsaturated/α-hetero) is 1. The Bertz CT molecular complexity index is 332. The zero-order valence-corrected chi connectivity index (χ0v) is 9.41. The third-order valence-electron chi connectivity index (χ3n) is 5.18. The molecule has 2 saturated carbocycles. The van der Waals surface area contributed by atoms with E-state index in [1.165, 1.54) is 19.3 Å². The van der Waals surface area contributed by atoms with Crippen LogP contribution in [0.3, 0.4) is 0 Å². The van der Waals surface area contributed by atoms with Crippen LogP contribution >= 0.6 is 0 Å². The molecular formula is C12H19N3O. The molecule has 0 amide bonds. The van der Waals surface area contributed by atoms with Gasteiger partial charge in [0.1, 0.15) is 5.78 Å². The standard InChI is InChI=1S/C12H19N3O/c16-9-5-8-10-11(13-12(10)15-14-8)7-4-2-1-3-6(7)9/h6-8,10-15H,1-5H2. The van der Waals surface area contributed by atoms with Gasteiger partial charge in [-0.25, -0.2) is 5.43 Å². The van der Waals surface area contributed by atoms with Gasteiger partial charge >= 0.3 is 0 Å². The summed E-state index contributed by atoms with van der Waals surface area (Å²) in [5, 5.41) is 3.61. The molecule has 4 heteroatoms. The lowest BCUT2D eigenvalue weighted by Gasteiger charge is -2.48. The molecule has 2 saturated heterocycles. The van der Waals surface area contributed by atoms with E-state index in [1.54, 1.807) is 0 Å². The molecule has 6 atom stereocenters. The first-order valence-electron chi connectivity index (χ1n) is 6.64. The van der Waals surface area contributed by atoms with Gasteiger partial charge in [-0.3, -0.25) is 15.5 Å². The average Bonchev–Trinajstić information content (AvgIpc) is 2.52. The van der Waals surface area contributed by atoms with Crippen LogP contribution < -0.4 is 16.2 Å². The van der Waals surface area contributed by atoms with Gasteiger partial charge in [0.2, 0.25) is 0 Å². The number of hydrogen-bond acceptors (Lipinski definition) is 4. The first-order chi connectivity index (χ1) is 7.84. The van der Waals surface area contributed by atoms with E-state index in [-0.39, 0.29) is 0 Å². The Hall–Kier alpha value is -0.450. The molecule has 4 rings (SSSR count). The highest BCUT2D eigenvalue weighted by Gasteiger charge is 2.57. The third-order valence-corrected chi connectivity index (χ3v) is 5.18. The molecule has 3 N–H and O–H groups in total. The molecule has 4 fully saturated rings. The molecule has 0 aromatic heterocycles. The fourth-order valence-electron chi connectivity index (χ4n) is 4.39.